The average molecular weight is 262 g/mol. The maximum atomic E-state index is 6.18. The lowest BCUT2D eigenvalue weighted by atomic mass is 10.2. The molecule has 19 heavy (non-hydrogen) atoms. The van der Waals surface area contributed by atoms with Gasteiger partial charge in [-0.05, 0) is 37.9 Å². The third-order valence-electron chi connectivity index (χ3n) is 3.75. The van der Waals surface area contributed by atoms with Crippen molar-refractivity contribution in [3.63, 3.8) is 0 Å². The molecule has 0 saturated carbocycles. The van der Waals surface area contributed by atoms with Crippen LogP contribution in [0, 0.1) is 0 Å². The van der Waals surface area contributed by atoms with Crippen molar-refractivity contribution in [3.05, 3.63) is 24.3 Å². The minimum Gasteiger partial charge on any atom is -0.488 e. The predicted octanol–water partition coefficient (Wildman–Crippen LogP) is 3.05. The van der Waals surface area contributed by atoms with Crippen LogP contribution in [0.4, 0.5) is 5.69 Å². The third kappa shape index (κ3) is 3.87. The number of benzene rings is 1. The number of anilines is 1. The van der Waals surface area contributed by atoms with Crippen LogP contribution in [0.5, 0.6) is 5.75 Å². The standard InChI is InChI=1S/C16H26N2O/c1-3-14(4-2)19-16-9-6-5-8-15(16)18-12-7-10-17-11-13-18/h5-6,8-9,14,17H,3-4,7,10-13H2,1-2H3. The quantitative estimate of drug-likeness (QED) is 0.882. The third-order valence-corrected chi connectivity index (χ3v) is 3.75. The molecule has 1 saturated heterocycles. The highest BCUT2D eigenvalue weighted by atomic mass is 16.5. The fraction of sp³-hybridized carbons (Fsp3) is 0.625. The van der Waals surface area contributed by atoms with Crippen LogP contribution in [-0.2, 0) is 0 Å². The first-order chi connectivity index (χ1) is 9.35. The van der Waals surface area contributed by atoms with E-state index in [2.05, 4.69) is 48.3 Å². The van der Waals surface area contributed by atoms with Crippen molar-refractivity contribution in [2.75, 3.05) is 31.1 Å². The molecule has 0 atom stereocenters. The second-order valence-corrected chi connectivity index (χ2v) is 5.11. The Morgan fingerprint density at radius 3 is 2.74 bits per heavy atom. The Kier molecular flexibility index (Phi) is 5.52. The first-order valence-corrected chi connectivity index (χ1v) is 7.56. The minimum absolute atomic E-state index is 0.325. The van der Waals surface area contributed by atoms with Gasteiger partial charge in [0.05, 0.1) is 11.8 Å². The largest absolute Gasteiger partial charge is 0.488 e. The number of hydrogen-bond donors (Lipinski definition) is 1. The maximum absolute atomic E-state index is 6.18. The molecule has 1 aromatic rings. The minimum atomic E-state index is 0.325. The molecule has 0 bridgehead atoms. The fourth-order valence-electron chi connectivity index (χ4n) is 2.54. The molecule has 0 radical (unpaired) electrons. The van der Waals surface area contributed by atoms with E-state index < -0.39 is 0 Å². The van der Waals surface area contributed by atoms with Gasteiger partial charge in [0.25, 0.3) is 0 Å². The number of para-hydroxylation sites is 2. The van der Waals surface area contributed by atoms with E-state index in [1.165, 1.54) is 12.1 Å². The molecule has 1 aromatic carbocycles. The maximum Gasteiger partial charge on any atom is 0.143 e. The van der Waals surface area contributed by atoms with E-state index in [1.54, 1.807) is 0 Å². The van der Waals surface area contributed by atoms with Gasteiger partial charge in [-0.15, -0.1) is 0 Å². The number of ether oxygens (including phenoxy) is 1. The summed E-state index contributed by atoms with van der Waals surface area (Å²) in [5.41, 5.74) is 1.25. The van der Waals surface area contributed by atoms with Crippen LogP contribution in [0.3, 0.4) is 0 Å². The van der Waals surface area contributed by atoms with Gasteiger partial charge < -0.3 is 15.0 Å². The Morgan fingerprint density at radius 1 is 1.16 bits per heavy atom. The van der Waals surface area contributed by atoms with Crippen molar-refractivity contribution in [2.45, 2.75) is 39.2 Å². The zero-order valence-electron chi connectivity index (χ0n) is 12.2. The van der Waals surface area contributed by atoms with E-state index >= 15 is 0 Å². The Morgan fingerprint density at radius 2 is 1.95 bits per heavy atom. The summed E-state index contributed by atoms with van der Waals surface area (Å²) < 4.78 is 6.18. The van der Waals surface area contributed by atoms with Crippen molar-refractivity contribution < 1.29 is 4.74 Å². The predicted molar refractivity (Wildman–Crippen MR) is 81.1 cm³/mol. The summed E-state index contributed by atoms with van der Waals surface area (Å²) in [5.74, 6) is 1.04. The molecule has 3 nitrogen and oxygen atoms in total. The number of nitrogens with one attached hydrogen (secondary N) is 1. The first-order valence-electron chi connectivity index (χ1n) is 7.56. The molecule has 1 heterocycles. The summed E-state index contributed by atoms with van der Waals surface area (Å²) in [6.07, 6.45) is 3.64. The topological polar surface area (TPSA) is 24.5 Å². The van der Waals surface area contributed by atoms with Gasteiger partial charge in [0.1, 0.15) is 5.75 Å². The highest BCUT2D eigenvalue weighted by Crippen LogP contribution is 2.30. The molecule has 3 heteroatoms. The lowest BCUT2D eigenvalue weighted by Gasteiger charge is -2.26. The molecule has 0 unspecified atom stereocenters. The van der Waals surface area contributed by atoms with Gasteiger partial charge in [-0.25, -0.2) is 0 Å². The summed E-state index contributed by atoms with van der Waals surface area (Å²) in [7, 11) is 0. The van der Waals surface area contributed by atoms with Gasteiger partial charge in [0.2, 0.25) is 0 Å². The van der Waals surface area contributed by atoms with Crippen molar-refractivity contribution in [1.29, 1.82) is 0 Å². The van der Waals surface area contributed by atoms with Gasteiger partial charge >= 0.3 is 0 Å². The lowest BCUT2D eigenvalue weighted by molar-refractivity contribution is 0.193. The van der Waals surface area contributed by atoms with Crippen LogP contribution < -0.4 is 15.0 Å². The molecule has 106 valence electrons. The smallest absolute Gasteiger partial charge is 0.143 e. The van der Waals surface area contributed by atoms with Crippen molar-refractivity contribution >= 4 is 5.69 Å². The molecule has 2 rings (SSSR count). The Labute approximate surface area is 116 Å². The highest BCUT2D eigenvalue weighted by molar-refractivity contribution is 5.58. The molecular formula is C16H26N2O. The van der Waals surface area contributed by atoms with Gasteiger partial charge in [-0.1, -0.05) is 26.0 Å². The molecular weight excluding hydrogens is 236 g/mol. The van der Waals surface area contributed by atoms with E-state index in [0.29, 0.717) is 6.10 Å². The number of nitrogens with zero attached hydrogens (tertiary/aromatic N) is 1. The van der Waals surface area contributed by atoms with Crippen molar-refractivity contribution in [1.82, 2.24) is 5.32 Å². The second kappa shape index (κ2) is 7.39. The molecule has 0 amide bonds. The second-order valence-electron chi connectivity index (χ2n) is 5.11. The van der Waals surface area contributed by atoms with Gasteiger partial charge in [-0.3, -0.25) is 0 Å². The van der Waals surface area contributed by atoms with Gasteiger partial charge in [0, 0.05) is 19.6 Å². The van der Waals surface area contributed by atoms with Crippen LogP contribution in [-0.4, -0.2) is 32.3 Å². The van der Waals surface area contributed by atoms with Crippen LogP contribution in [0.1, 0.15) is 33.1 Å². The van der Waals surface area contributed by atoms with E-state index in [9.17, 15) is 0 Å². The normalized spacial score (nSPS) is 16.5. The van der Waals surface area contributed by atoms with Crippen LogP contribution in [0.2, 0.25) is 0 Å². The lowest BCUT2D eigenvalue weighted by Crippen LogP contribution is -2.28. The molecule has 0 aromatic heterocycles. The molecule has 1 fully saturated rings. The summed E-state index contributed by atoms with van der Waals surface area (Å²) >= 11 is 0. The monoisotopic (exact) mass is 262 g/mol. The summed E-state index contributed by atoms with van der Waals surface area (Å²) in [5, 5.41) is 3.45. The van der Waals surface area contributed by atoms with Crippen molar-refractivity contribution in [3.8, 4) is 5.75 Å². The number of rotatable bonds is 5. The van der Waals surface area contributed by atoms with E-state index in [-0.39, 0.29) is 0 Å². The molecule has 0 aliphatic carbocycles. The van der Waals surface area contributed by atoms with Crippen LogP contribution in [0.15, 0.2) is 24.3 Å². The molecule has 1 aliphatic heterocycles. The first kappa shape index (κ1) is 14.2. The van der Waals surface area contributed by atoms with Gasteiger partial charge in [0.15, 0.2) is 0 Å². The van der Waals surface area contributed by atoms with E-state index in [0.717, 1.165) is 44.8 Å². The Bertz CT molecular complexity index is 369. The SMILES string of the molecule is CCC(CC)Oc1ccccc1N1CCCNCC1. The van der Waals surface area contributed by atoms with E-state index in [1.807, 2.05) is 0 Å². The molecule has 1 aliphatic rings. The summed E-state index contributed by atoms with van der Waals surface area (Å²) in [6.45, 7) is 8.71. The van der Waals surface area contributed by atoms with Crippen LogP contribution >= 0.6 is 0 Å². The molecule has 1 N–H and O–H groups in total. The summed E-state index contributed by atoms with van der Waals surface area (Å²) in [4.78, 5) is 2.44. The molecule has 0 spiro atoms. The zero-order valence-corrected chi connectivity index (χ0v) is 12.2. The van der Waals surface area contributed by atoms with E-state index in [4.69, 9.17) is 4.74 Å². The fourth-order valence-corrected chi connectivity index (χ4v) is 2.54. The Hall–Kier alpha value is -1.22. The Balaban J connectivity index is 2.14. The summed E-state index contributed by atoms with van der Waals surface area (Å²) in [6, 6.07) is 8.46. The van der Waals surface area contributed by atoms with Gasteiger partial charge in [-0.2, -0.15) is 0 Å². The average Bonchev–Trinajstić information content (AvgIpc) is 2.74. The highest BCUT2D eigenvalue weighted by Gasteiger charge is 2.15. The van der Waals surface area contributed by atoms with Crippen molar-refractivity contribution in [2.24, 2.45) is 0 Å². The zero-order chi connectivity index (χ0) is 13.5. The number of hydrogen-bond acceptors (Lipinski definition) is 3. The van der Waals surface area contributed by atoms with Crippen LogP contribution in [0.25, 0.3) is 0 Å².